The van der Waals surface area contributed by atoms with E-state index in [-0.39, 0.29) is 6.54 Å². The van der Waals surface area contributed by atoms with Gasteiger partial charge in [-0.2, -0.15) is 0 Å². The van der Waals surface area contributed by atoms with Crippen LogP contribution in [0.2, 0.25) is 0 Å². The van der Waals surface area contributed by atoms with E-state index in [2.05, 4.69) is 27.5 Å². The predicted octanol–water partition coefficient (Wildman–Crippen LogP) is 1.83. The molecule has 1 aliphatic rings. The van der Waals surface area contributed by atoms with Gasteiger partial charge in [-0.3, -0.25) is 9.59 Å². The maximum absolute atomic E-state index is 13.5. The fraction of sp³-hybridized carbons (Fsp3) is 0.300. The molecule has 1 saturated heterocycles. The Bertz CT molecular complexity index is 802. The van der Waals surface area contributed by atoms with Gasteiger partial charge in [-0.15, -0.1) is 0 Å². The van der Waals surface area contributed by atoms with Gasteiger partial charge in [0.1, 0.15) is 5.82 Å². The molecular weight excluding hydrogens is 347 g/mol. The number of piperazine rings is 1. The van der Waals surface area contributed by atoms with Crippen LogP contribution in [-0.2, 0) is 16.1 Å². The first kappa shape index (κ1) is 18.8. The van der Waals surface area contributed by atoms with Crippen LogP contribution < -0.4 is 15.5 Å². The number of carbonyl (C=O) groups is 2. The number of likely N-dealkylation sites (N-methyl/N-ethyl adjacent to an activating group) is 1. The van der Waals surface area contributed by atoms with E-state index >= 15 is 0 Å². The Morgan fingerprint density at radius 3 is 2.30 bits per heavy atom. The molecule has 0 unspecified atom stereocenters. The molecule has 7 heteroatoms. The standard InChI is InChI=1S/C20H23FN4O2/c1-24-10-12-25(13-11-24)17-8-6-16(7-9-17)23-20(27)19(26)22-14-15-4-2-3-5-18(15)21/h2-9H,10-14H2,1H3,(H,22,26)(H,23,27). The molecule has 3 rings (SSSR count). The van der Waals surface area contributed by atoms with Crippen molar-refractivity contribution in [2.75, 3.05) is 43.4 Å². The van der Waals surface area contributed by atoms with E-state index in [9.17, 15) is 14.0 Å². The van der Waals surface area contributed by atoms with Gasteiger partial charge in [-0.25, -0.2) is 4.39 Å². The summed E-state index contributed by atoms with van der Waals surface area (Å²) in [6, 6.07) is 13.5. The summed E-state index contributed by atoms with van der Waals surface area (Å²) in [5.41, 5.74) is 1.96. The molecule has 0 bridgehead atoms. The summed E-state index contributed by atoms with van der Waals surface area (Å²) < 4.78 is 13.5. The summed E-state index contributed by atoms with van der Waals surface area (Å²) in [5, 5.41) is 4.98. The molecule has 1 heterocycles. The SMILES string of the molecule is CN1CCN(c2ccc(NC(=O)C(=O)NCc3ccccc3F)cc2)CC1. The van der Waals surface area contributed by atoms with Crippen LogP contribution in [0, 0.1) is 5.82 Å². The van der Waals surface area contributed by atoms with Gasteiger partial charge in [0, 0.05) is 49.7 Å². The summed E-state index contributed by atoms with van der Waals surface area (Å²) in [7, 11) is 2.10. The molecule has 6 nitrogen and oxygen atoms in total. The van der Waals surface area contributed by atoms with Crippen LogP contribution in [0.15, 0.2) is 48.5 Å². The second kappa shape index (κ2) is 8.64. The fourth-order valence-electron chi connectivity index (χ4n) is 2.91. The van der Waals surface area contributed by atoms with Crippen LogP contribution in [0.5, 0.6) is 0 Å². The Morgan fingerprint density at radius 1 is 0.963 bits per heavy atom. The van der Waals surface area contributed by atoms with Crippen LogP contribution in [0.3, 0.4) is 0 Å². The zero-order valence-electron chi connectivity index (χ0n) is 15.2. The molecule has 0 aliphatic carbocycles. The van der Waals surface area contributed by atoms with Crippen molar-refractivity contribution in [3.63, 3.8) is 0 Å². The van der Waals surface area contributed by atoms with Crippen molar-refractivity contribution in [1.82, 2.24) is 10.2 Å². The lowest BCUT2D eigenvalue weighted by Crippen LogP contribution is -2.44. The zero-order chi connectivity index (χ0) is 19.2. The number of hydrogen-bond donors (Lipinski definition) is 2. The summed E-state index contributed by atoms with van der Waals surface area (Å²) in [6.07, 6.45) is 0. The molecule has 2 amide bonds. The maximum Gasteiger partial charge on any atom is 0.313 e. The number of carbonyl (C=O) groups excluding carboxylic acids is 2. The van der Waals surface area contributed by atoms with Crippen molar-refractivity contribution < 1.29 is 14.0 Å². The lowest BCUT2D eigenvalue weighted by molar-refractivity contribution is -0.136. The van der Waals surface area contributed by atoms with Gasteiger partial charge < -0.3 is 20.4 Å². The molecule has 1 fully saturated rings. The van der Waals surface area contributed by atoms with Crippen LogP contribution >= 0.6 is 0 Å². The van der Waals surface area contributed by atoms with E-state index in [1.165, 1.54) is 6.07 Å². The van der Waals surface area contributed by atoms with E-state index < -0.39 is 17.6 Å². The van der Waals surface area contributed by atoms with Crippen molar-refractivity contribution in [1.29, 1.82) is 0 Å². The van der Waals surface area contributed by atoms with E-state index in [4.69, 9.17) is 0 Å². The number of anilines is 2. The fourth-order valence-corrected chi connectivity index (χ4v) is 2.91. The van der Waals surface area contributed by atoms with E-state index in [1.807, 2.05) is 12.1 Å². The minimum atomic E-state index is -0.804. The van der Waals surface area contributed by atoms with Crippen LogP contribution in [0.1, 0.15) is 5.56 Å². The van der Waals surface area contributed by atoms with Crippen molar-refractivity contribution in [2.45, 2.75) is 6.54 Å². The first-order chi connectivity index (χ1) is 13.0. The van der Waals surface area contributed by atoms with Crippen molar-refractivity contribution in [3.8, 4) is 0 Å². The molecule has 0 atom stereocenters. The maximum atomic E-state index is 13.5. The highest BCUT2D eigenvalue weighted by molar-refractivity contribution is 6.39. The van der Waals surface area contributed by atoms with Crippen LogP contribution in [0.25, 0.3) is 0 Å². The van der Waals surface area contributed by atoms with E-state index in [0.29, 0.717) is 11.3 Å². The molecule has 0 saturated carbocycles. The molecule has 0 radical (unpaired) electrons. The summed E-state index contributed by atoms with van der Waals surface area (Å²) in [4.78, 5) is 28.5. The molecule has 2 N–H and O–H groups in total. The second-order valence-electron chi connectivity index (χ2n) is 6.57. The topological polar surface area (TPSA) is 64.7 Å². The number of nitrogens with zero attached hydrogens (tertiary/aromatic N) is 2. The van der Waals surface area contributed by atoms with Crippen molar-refractivity contribution >= 4 is 23.2 Å². The lowest BCUT2D eigenvalue weighted by atomic mass is 10.2. The first-order valence-electron chi connectivity index (χ1n) is 8.89. The highest BCUT2D eigenvalue weighted by atomic mass is 19.1. The molecule has 0 spiro atoms. The Labute approximate surface area is 158 Å². The number of halogens is 1. The predicted molar refractivity (Wildman–Crippen MR) is 103 cm³/mol. The Hall–Kier alpha value is -2.93. The molecule has 142 valence electrons. The van der Waals surface area contributed by atoms with Gasteiger partial charge in [0.15, 0.2) is 0 Å². The van der Waals surface area contributed by atoms with Gasteiger partial charge >= 0.3 is 11.8 Å². The van der Waals surface area contributed by atoms with Crippen molar-refractivity contribution in [2.24, 2.45) is 0 Å². The quantitative estimate of drug-likeness (QED) is 0.806. The summed E-state index contributed by atoms with van der Waals surface area (Å²) in [6.45, 7) is 3.91. The number of amides is 2. The van der Waals surface area contributed by atoms with Gasteiger partial charge in [0.05, 0.1) is 0 Å². The van der Waals surface area contributed by atoms with E-state index in [1.54, 1.807) is 30.3 Å². The molecule has 2 aromatic carbocycles. The number of hydrogen-bond acceptors (Lipinski definition) is 4. The molecule has 2 aromatic rings. The van der Waals surface area contributed by atoms with Gasteiger partial charge in [-0.1, -0.05) is 18.2 Å². The highest BCUT2D eigenvalue weighted by Crippen LogP contribution is 2.19. The smallest absolute Gasteiger partial charge is 0.313 e. The average Bonchev–Trinajstić information content (AvgIpc) is 2.68. The first-order valence-corrected chi connectivity index (χ1v) is 8.89. The van der Waals surface area contributed by atoms with Gasteiger partial charge in [-0.05, 0) is 37.4 Å². The largest absolute Gasteiger partial charge is 0.369 e. The average molecular weight is 370 g/mol. The highest BCUT2D eigenvalue weighted by Gasteiger charge is 2.16. The lowest BCUT2D eigenvalue weighted by Gasteiger charge is -2.34. The molecule has 0 aromatic heterocycles. The van der Waals surface area contributed by atoms with Crippen molar-refractivity contribution in [3.05, 3.63) is 59.9 Å². The number of benzene rings is 2. The van der Waals surface area contributed by atoms with Gasteiger partial charge in [0.2, 0.25) is 0 Å². The third-order valence-corrected chi connectivity index (χ3v) is 4.60. The summed E-state index contributed by atoms with van der Waals surface area (Å²) in [5.74, 6) is -2.00. The second-order valence-corrected chi connectivity index (χ2v) is 6.57. The monoisotopic (exact) mass is 370 g/mol. The van der Waals surface area contributed by atoms with Gasteiger partial charge in [0.25, 0.3) is 0 Å². The van der Waals surface area contributed by atoms with Crippen LogP contribution in [-0.4, -0.2) is 49.9 Å². The zero-order valence-corrected chi connectivity index (χ0v) is 15.2. The van der Waals surface area contributed by atoms with E-state index in [0.717, 1.165) is 31.9 Å². The minimum Gasteiger partial charge on any atom is -0.369 e. The third-order valence-electron chi connectivity index (χ3n) is 4.60. The Kier molecular flexibility index (Phi) is 6.03. The normalized spacial score (nSPS) is 14.7. The molecule has 1 aliphatic heterocycles. The third kappa shape index (κ3) is 5.04. The number of rotatable bonds is 4. The minimum absolute atomic E-state index is 0.0404. The molecular formula is C20H23FN4O2. The molecule has 27 heavy (non-hydrogen) atoms. The Balaban J connectivity index is 1.51. The Morgan fingerprint density at radius 2 is 1.63 bits per heavy atom. The number of nitrogens with one attached hydrogen (secondary N) is 2. The summed E-state index contributed by atoms with van der Waals surface area (Å²) >= 11 is 0. The van der Waals surface area contributed by atoms with Crippen LogP contribution in [0.4, 0.5) is 15.8 Å².